The number of anilines is 1. The minimum atomic E-state index is -0.290. The highest BCUT2D eigenvalue weighted by Crippen LogP contribution is 2.22. The van der Waals surface area contributed by atoms with Gasteiger partial charge in [0.1, 0.15) is 0 Å². The minimum Gasteiger partial charge on any atom is -0.350 e. The van der Waals surface area contributed by atoms with Gasteiger partial charge in [-0.05, 0) is 43.9 Å². The van der Waals surface area contributed by atoms with E-state index in [1.807, 2.05) is 0 Å². The molecule has 0 saturated carbocycles. The van der Waals surface area contributed by atoms with Gasteiger partial charge >= 0.3 is 0 Å². The third-order valence-corrected chi connectivity index (χ3v) is 5.47. The van der Waals surface area contributed by atoms with Gasteiger partial charge in [-0.15, -0.1) is 0 Å². The molecular weight excluding hydrogens is 382 g/mol. The Morgan fingerprint density at radius 2 is 1.70 bits per heavy atom. The second-order valence-electron chi connectivity index (χ2n) is 7.58. The summed E-state index contributed by atoms with van der Waals surface area (Å²) in [5.74, 6) is 0.00119. The van der Waals surface area contributed by atoms with Gasteiger partial charge in [-0.2, -0.15) is 0 Å². The lowest BCUT2D eigenvalue weighted by Gasteiger charge is -2.26. The first-order valence-electron chi connectivity index (χ1n) is 10.4. The smallest absolute Gasteiger partial charge is 0.261 e. The number of imide groups is 1. The molecule has 0 radical (unpaired) electrons. The lowest BCUT2D eigenvalue weighted by molar-refractivity contribution is -0.121. The number of rotatable bonds is 7. The largest absolute Gasteiger partial charge is 0.350 e. The fraction of sp³-hybridized carbons (Fsp3) is 0.409. The molecule has 3 amide bonds. The highest BCUT2D eigenvalue weighted by Gasteiger charge is 2.34. The second kappa shape index (κ2) is 9.02. The SMILES string of the molecule is O=C(CCCN1C(=O)c2ccccc2C1=O)NCc1ccnc(N2CCCCC2)n1. The van der Waals surface area contributed by atoms with Crippen LogP contribution >= 0.6 is 0 Å². The van der Waals surface area contributed by atoms with Crippen LogP contribution in [0.3, 0.4) is 0 Å². The molecule has 30 heavy (non-hydrogen) atoms. The van der Waals surface area contributed by atoms with Gasteiger partial charge < -0.3 is 10.2 Å². The topological polar surface area (TPSA) is 95.5 Å². The average Bonchev–Trinajstić information content (AvgIpc) is 3.03. The fourth-order valence-corrected chi connectivity index (χ4v) is 3.85. The molecule has 0 bridgehead atoms. The van der Waals surface area contributed by atoms with E-state index in [1.165, 1.54) is 11.3 Å². The van der Waals surface area contributed by atoms with Crippen molar-refractivity contribution in [2.24, 2.45) is 0 Å². The summed E-state index contributed by atoms with van der Waals surface area (Å²) in [7, 11) is 0. The number of amides is 3. The van der Waals surface area contributed by atoms with Crippen molar-refractivity contribution in [3.05, 3.63) is 53.3 Å². The van der Waals surface area contributed by atoms with E-state index in [1.54, 1.807) is 36.5 Å². The van der Waals surface area contributed by atoms with Crippen LogP contribution in [0.4, 0.5) is 5.95 Å². The van der Waals surface area contributed by atoms with E-state index in [4.69, 9.17) is 0 Å². The van der Waals surface area contributed by atoms with Crippen molar-refractivity contribution in [2.45, 2.75) is 38.6 Å². The molecule has 2 aromatic rings. The van der Waals surface area contributed by atoms with Gasteiger partial charge in [0, 0.05) is 32.3 Å². The molecule has 8 heteroatoms. The summed E-state index contributed by atoms with van der Waals surface area (Å²) in [6, 6.07) is 8.59. The van der Waals surface area contributed by atoms with Crippen LogP contribution in [0.1, 0.15) is 58.5 Å². The third kappa shape index (κ3) is 4.32. The minimum absolute atomic E-state index is 0.134. The number of hydrogen-bond acceptors (Lipinski definition) is 6. The maximum atomic E-state index is 12.3. The predicted octanol–water partition coefficient (Wildman–Crippen LogP) is 2.16. The van der Waals surface area contributed by atoms with E-state index in [0.29, 0.717) is 30.0 Å². The Hall–Kier alpha value is -3.29. The average molecular weight is 407 g/mol. The van der Waals surface area contributed by atoms with Crippen molar-refractivity contribution in [2.75, 3.05) is 24.5 Å². The molecule has 1 saturated heterocycles. The van der Waals surface area contributed by atoms with E-state index in [2.05, 4.69) is 20.2 Å². The number of fused-ring (bicyclic) bond motifs is 1. The van der Waals surface area contributed by atoms with Crippen LogP contribution in [0.15, 0.2) is 36.5 Å². The van der Waals surface area contributed by atoms with Crippen LogP contribution in [0.25, 0.3) is 0 Å². The number of nitrogens with one attached hydrogen (secondary N) is 1. The molecule has 4 rings (SSSR count). The van der Waals surface area contributed by atoms with Gasteiger partial charge in [-0.1, -0.05) is 12.1 Å². The van der Waals surface area contributed by atoms with Crippen LogP contribution in [0.2, 0.25) is 0 Å². The van der Waals surface area contributed by atoms with Gasteiger partial charge in [0.2, 0.25) is 11.9 Å². The van der Waals surface area contributed by atoms with E-state index in [-0.39, 0.29) is 30.7 Å². The van der Waals surface area contributed by atoms with Crippen molar-refractivity contribution in [3.63, 3.8) is 0 Å². The Kier molecular flexibility index (Phi) is 6.02. The van der Waals surface area contributed by atoms with Crippen molar-refractivity contribution in [3.8, 4) is 0 Å². The Morgan fingerprint density at radius 3 is 2.40 bits per heavy atom. The second-order valence-corrected chi connectivity index (χ2v) is 7.58. The summed E-state index contributed by atoms with van der Waals surface area (Å²) in [6.07, 6.45) is 5.92. The molecule has 1 aromatic carbocycles. The standard InChI is InChI=1S/C22H25N5O3/c28-19(9-6-14-27-20(29)17-7-2-3-8-18(17)21(27)30)24-15-16-10-11-23-22(25-16)26-12-4-1-5-13-26/h2-3,7-8,10-11H,1,4-6,9,12-15H2,(H,24,28). The van der Waals surface area contributed by atoms with Crippen LogP contribution < -0.4 is 10.2 Å². The van der Waals surface area contributed by atoms with Crippen molar-refractivity contribution < 1.29 is 14.4 Å². The summed E-state index contributed by atoms with van der Waals surface area (Å²) < 4.78 is 0. The first-order chi connectivity index (χ1) is 14.6. The summed E-state index contributed by atoms with van der Waals surface area (Å²) >= 11 is 0. The monoisotopic (exact) mass is 407 g/mol. The zero-order valence-electron chi connectivity index (χ0n) is 16.8. The maximum Gasteiger partial charge on any atom is 0.261 e. The molecule has 0 spiro atoms. The van der Waals surface area contributed by atoms with Crippen LogP contribution in [-0.4, -0.2) is 52.2 Å². The Balaban J connectivity index is 1.23. The molecule has 1 fully saturated rings. The Bertz CT molecular complexity index is 920. The number of carbonyl (C=O) groups is 3. The molecule has 0 aliphatic carbocycles. The number of piperidine rings is 1. The van der Waals surface area contributed by atoms with Gasteiger partial charge in [-0.25, -0.2) is 9.97 Å². The summed E-state index contributed by atoms with van der Waals surface area (Å²) in [5, 5.41) is 2.86. The van der Waals surface area contributed by atoms with Crippen molar-refractivity contribution in [1.82, 2.24) is 20.2 Å². The molecule has 156 valence electrons. The first-order valence-corrected chi connectivity index (χ1v) is 10.4. The first kappa shape index (κ1) is 20.0. The zero-order chi connectivity index (χ0) is 20.9. The molecule has 0 atom stereocenters. The molecule has 2 aliphatic rings. The van der Waals surface area contributed by atoms with Gasteiger partial charge in [0.15, 0.2) is 0 Å². The van der Waals surface area contributed by atoms with Crippen LogP contribution in [0, 0.1) is 0 Å². The number of hydrogen-bond donors (Lipinski definition) is 1. The molecule has 0 unspecified atom stereocenters. The molecule has 1 N–H and O–H groups in total. The number of carbonyl (C=O) groups excluding carboxylic acids is 3. The molecular formula is C22H25N5O3. The summed E-state index contributed by atoms with van der Waals surface area (Å²) in [4.78, 5) is 49.2. The maximum absolute atomic E-state index is 12.3. The number of aromatic nitrogens is 2. The Labute approximate surface area is 175 Å². The van der Waals surface area contributed by atoms with Crippen LogP contribution in [-0.2, 0) is 11.3 Å². The van der Waals surface area contributed by atoms with Crippen molar-refractivity contribution in [1.29, 1.82) is 0 Å². The van der Waals surface area contributed by atoms with Crippen LogP contribution in [0.5, 0.6) is 0 Å². The van der Waals surface area contributed by atoms with Gasteiger partial charge in [-0.3, -0.25) is 19.3 Å². The summed E-state index contributed by atoms with van der Waals surface area (Å²) in [5.41, 5.74) is 1.62. The quantitative estimate of drug-likeness (QED) is 0.707. The lowest BCUT2D eigenvalue weighted by atomic mass is 10.1. The third-order valence-electron chi connectivity index (χ3n) is 5.47. The Morgan fingerprint density at radius 1 is 1.00 bits per heavy atom. The van der Waals surface area contributed by atoms with Crippen molar-refractivity contribution >= 4 is 23.7 Å². The van der Waals surface area contributed by atoms with E-state index in [0.717, 1.165) is 31.6 Å². The van der Waals surface area contributed by atoms with E-state index < -0.39 is 0 Å². The molecule has 8 nitrogen and oxygen atoms in total. The normalized spacial score (nSPS) is 16.0. The zero-order valence-corrected chi connectivity index (χ0v) is 16.8. The lowest BCUT2D eigenvalue weighted by Crippen LogP contribution is -2.32. The van der Waals surface area contributed by atoms with Gasteiger partial charge in [0.25, 0.3) is 11.8 Å². The number of benzene rings is 1. The highest BCUT2D eigenvalue weighted by atomic mass is 16.2. The number of nitrogens with zero attached hydrogens (tertiary/aromatic N) is 4. The molecule has 1 aromatic heterocycles. The summed E-state index contributed by atoms with van der Waals surface area (Å²) in [6.45, 7) is 2.49. The van der Waals surface area contributed by atoms with Gasteiger partial charge in [0.05, 0.1) is 23.4 Å². The fourth-order valence-electron chi connectivity index (χ4n) is 3.85. The van der Waals surface area contributed by atoms with E-state index >= 15 is 0 Å². The molecule has 2 aliphatic heterocycles. The highest BCUT2D eigenvalue weighted by molar-refractivity contribution is 6.21. The van der Waals surface area contributed by atoms with E-state index in [9.17, 15) is 14.4 Å². The molecule has 3 heterocycles. The predicted molar refractivity (Wildman–Crippen MR) is 111 cm³/mol.